The number of primary amides is 1. The van der Waals surface area contributed by atoms with Gasteiger partial charge in [0.15, 0.2) is 5.82 Å². The highest BCUT2D eigenvalue weighted by Gasteiger charge is 2.24. The zero-order valence-corrected chi connectivity index (χ0v) is 19.1. The van der Waals surface area contributed by atoms with E-state index < -0.39 is 11.7 Å². The van der Waals surface area contributed by atoms with Crippen molar-refractivity contribution in [2.75, 3.05) is 18.4 Å². The number of nitrogens with zero attached hydrogens (tertiary/aromatic N) is 5. The SMILES string of the molecule is Cc1c(C(N)=O)sc2ncnc(Nc3ccc(F)cc3O[C@@H]3CCCN(Cc4ncon4)C3)c12. The molecule has 1 aliphatic heterocycles. The number of ether oxygens (including phenoxy) is 1. The number of anilines is 2. The Balaban J connectivity index is 1.39. The molecule has 1 fully saturated rings. The monoisotopic (exact) mass is 483 g/mol. The number of carbonyl (C=O) groups is 1. The van der Waals surface area contributed by atoms with E-state index in [1.54, 1.807) is 13.0 Å². The lowest BCUT2D eigenvalue weighted by Crippen LogP contribution is -2.40. The summed E-state index contributed by atoms with van der Waals surface area (Å²) in [4.78, 5) is 27.7. The van der Waals surface area contributed by atoms with Crippen molar-refractivity contribution in [1.29, 1.82) is 0 Å². The normalized spacial score (nSPS) is 16.6. The third-order valence-electron chi connectivity index (χ3n) is 5.68. The van der Waals surface area contributed by atoms with Gasteiger partial charge in [0.25, 0.3) is 5.91 Å². The van der Waals surface area contributed by atoms with Gasteiger partial charge in [-0.1, -0.05) is 5.16 Å². The number of thiophene rings is 1. The van der Waals surface area contributed by atoms with Crippen LogP contribution >= 0.6 is 11.3 Å². The van der Waals surface area contributed by atoms with Crippen molar-refractivity contribution in [2.45, 2.75) is 32.4 Å². The van der Waals surface area contributed by atoms with Crippen LogP contribution < -0.4 is 15.8 Å². The third kappa shape index (κ3) is 4.54. The van der Waals surface area contributed by atoms with Crippen LogP contribution in [0, 0.1) is 12.7 Å². The predicted molar refractivity (Wildman–Crippen MR) is 124 cm³/mol. The van der Waals surface area contributed by atoms with Crippen molar-refractivity contribution in [2.24, 2.45) is 5.73 Å². The first-order valence-corrected chi connectivity index (χ1v) is 11.5. The molecule has 1 atom stereocenters. The van der Waals surface area contributed by atoms with E-state index >= 15 is 0 Å². The quantitative estimate of drug-likeness (QED) is 0.406. The molecule has 4 heterocycles. The summed E-state index contributed by atoms with van der Waals surface area (Å²) in [5.74, 6) is 0.560. The average molecular weight is 484 g/mol. The summed E-state index contributed by atoms with van der Waals surface area (Å²) in [6.07, 6.45) is 4.34. The van der Waals surface area contributed by atoms with Gasteiger partial charge in [-0.15, -0.1) is 11.3 Å². The first-order chi connectivity index (χ1) is 16.5. The minimum atomic E-state index is -0.514. The first kappa shape index (κ1) is 22.2. The molecule has 4 aromatic rings. The molecule has 34 heavy (non-hydrogen) atoms. The Morgan fingerprint density at radius 3 is 3.06 bits per heavy atom. The van der Waals surface area contributed by atoms with Crippen molar-refractivity contribution in [3.8, 4) is 5.75 Å². The number of nitrogens with two attached hydrogens (primary N) is 1. The number of aryl methyl sites for hydroxylation is 1. The molecule has 1 saturated heterocycles. The topological polar surface area (TPSA) is 132 Å². The Labute approximate surface area is 197 Å². The van der Waals surface area contributed by atoms with Crippen molar-refractivity contribution in [3.05, 3.63) is 53.0 Å². The van der Waals surface area contributed by atoms with E-state index in [9.17, 15) is 9.18 Å². The van der Waals surface area contributed by atoms with Crippen LogP contribution in [0.2, 0.25) is 0 Å². The fraction of sp³-hybridized carbons (Fsp3) is 0.318. The molecule has 1 amide bonds. The summed E-state index contributed by atoms with van der Waals surface area (Å²) in [5.41, 5.74) is 6.76. The summed E-state index contributed by atoms with van der Waals surface area (Å²) in [7, 11) is 0. The van der Waals surface area contributed by atoms with Crippen LogP contribution in [0.25, 0.3) is 10.2 Å². The van der Waals surface area contributed by atoms with E-state index in [1.807, 2.05) is 0 Å². The number of piperidine rings is 1. The van der Waals surface area contributed by atoms with Crippen molar-refractivity contribution >= 4 is 39.0 Å². The number of hydrogen-bond acceptors (Lipinski definition) is 10. The van der Waals surface area contributed by atoms with E-state index in [4.69, 9.17) is 15.0 Å². The molecule has 1 aliphatic rings. The summed E-state index contributed by atoms with van der Waals surface area (Å²) in [6.45, 7) is 3.90. The summed E-state index contributed by atoms with van der Waals surface area (Å²) < 4.78 is 25.2. The van der Waals surface area contributed by atoms with Gasteiger partial charge in [0, 0.05) is 12.6 Å². The van der Waals surface area contributed by atoms with Crippen LogP contribution in [0.15, 0.2) is 35.4 Å². The summed E-state index contributed by atoms with van der Waals surface area (Å²) in [6, 6.07) is 4.32. The Kier molecular flexibility index (Phi) is 6.07. The molecule has 0 aliphatic carbocycles. The van der Waals surface area contributed by atoms with Gasteiger partial charge in [0.2, 0.25) is 6.39 Å². The van der Waals surface area contributed by atoms with Crippen LogP contribution in [0.5, 0.6) is 5.75 Å². The van der Waals surface area contributed by atoms with Crippen molar-refractivity contribution in [1.82, 2.24) is 25.0 Å². The Morgan fingerprint density at radius 2 is 2.26 bits per heavy atom. The maximum atomic E-state index is 14.2. The van der Waals surface area contributed by atoms with Gasteiger partial charge in [0.05, 0.1) is 22.5 Å². The van der Waals surface area contributed by atoms with Crippen LogP contribution in [0.1, 0.15) is 33.9 Å². The Morgan fingerprint density at radius 1 is 1.38 bits per heavy atom. The molecule has 10 nitrogen and oxygen atoms in total. The molecular weight excluding hydrogens is 461 g/mol. The number of fused-ring (bicyclic) bond motifs is 1. The summed E-state index contributed by atoms with van der Waals surface area (Å²) >= 11 is 1.21. The molecule has 176 valence electrons. The number of benzene rings is 1. The number of nitrogens with one attached hydrogen (secondary N) is 1. The number of carbonyl (C=O) groups excluding carboxylic acids is 1. The average Bonchev–Trinajstić information content (AvgIpc) is 3.44. The summed E-state index contributed by atoms with van der Waals surface area (Å²) in [5, 5.41) is 7.80. The van der Waals surface area contributed by atoms with Crippen LogP contribution in [-0.4, -0.2) is 50.1 Å². The van der Waals surface area contributed by atoms with Gasteiger partial charge in [-0.05, 0) is 44.0 Å². The molecule has 3 aromatic heterocycles. The van der Waals surface area contributed by atoms with E-state index in [1.165, 1.54) is 36.2 Å². The molecule has 5 rings (SSSR count). The number of halogens is 1. The molecule has 0 saturated carbocycles. The Hall–Kier alpha value is -3.64. The minimum absolute atomic E-state index is 0.141. The zero-order chi connectivity index (χ0) is 23.7. The van der Waals surface area contributed by atoms with Crippen LogP contribution in [0.4, 0.5) is 15.9 Å². The van der Waals surface area contributed by atoms with Gasteiger partial charge < -0.3 is 20.3 Å². The molecule has 0 bridgehead atoms. The van der Waals surface area contributed by atoms with E-state index in [2.05, 4.69) is 30.3 Å². The maximum Gasteiger partial charge on any atom is 0.259 e. The van der Waals surface area contributed by atoms with E-state index in [0.717, 1.165) is 19.4 Å². The van der Waals surface area contributed by atoms with Crippen molar-refractivity contribution in [3.63, 3.8) is 0 Å². The predicted octanol–water partition coefficient (Wildman–Crippen LogP) is 3.41. The van der Waals surface area contributed by atoms with Gasteiger partial charge >= 0.3 is 0 Å². The second-order valence-electron chi connectivity index (χ2n) is 8.05. The molecule has 0 unspecified atom stereocenters. The highest BCUT2D eigenvalue weighted by molar-refractivity contribution is 7.20. The molecule has 1 aromatic carbocycles. The number of rotatable bonds is 7. The number of hydrogen-bond donors (Lipinski definition) is 2. The first-order valence-electron chi connectivity index (χ1n) is 10.7. The lowest BCUT2D eigenvalue weighted by atomic mass is 10.1. The van der Waals surface area contributed by atoms with Gasteiger partial charge in [-0.2, -0.15) is 4.98 Å². The number of aromatic nitrogens is 4. The Bertz CT molecular complexity index is 1330. The van der Waals surface area contributed by atoms with Gasteiger partial charge in [0.1, 0.15) is 34.6 Å². The maximum absolute atomic E-state index is 14.2. The molecule has 3 N–H and O–H groups in total. The van der Waals surface area contributed by atoms with Gasteiger partial charge in [-0.25, -0.2) is 14.4 Å². The standard InChI is InChI=1S/C22H22FN7O3S/c1-12-18-21(25-10-26-22(18)34-19(12)20(24)31)28-15-5-4-13(23)7-16(15)33-14-3-2-6-30(8-14)9-17-27-11-32-29-17/h4-5,7,10-11,14H,2-3,6,8-9H2,1H3,(H2,24,31)(H,25,26,28)/t14-/m1/s1. The lowest BCUT2D eigenvalue weighted by Gasteiger charge is -2.32. The van der Waals surface area contributed by atoms with Crippen molar-refractivity contribution < 1.29 is 18.4 Å². The van der Waals surface area contributed by atoms with Crippen LogP contribution in [0.3, 0.4) is 0 Å². The second kappa shape index (κ2) is 9.31. The fourth-order valence-corrected chi connectivity index (χ4v) is 5.12. The second-order valence-corrected chi connectivity index (χ2v) is 9.05. The van der Waals surface area contributed by atoms with E-state index in [-0.39, 0.29) is 6.10 Å². The third-order valence-corrected chi connectivity index (χ3v) is 6.89. The highest BCUT2D eigenvalue weighted by atomic mass is 32.1. The highest BCUT2D eigenvalue weighted by Crippen LogP contribution is 2.36. The molecular formula is C22H22FN7O3S. The van der Waals surface area contributed by atoms with Crippen LogP contribution in [-0.2, 0) is 6.54 Å². The van der Waals surface area contributed by atoms with Gasteiger partial charge in [-0.3, -0.25) is 9.69 Å². The fourth-order valence-electron chi connectivity index (χ4n) is 4.12. The minimum Gasteiger partial charge on any atom is -0.487 e. The zero-order valence-electron chi connectivity index (χ0n) is 18.3. The largest absolute Gasteiger partial charge is 0.487 e. The number of amides is 1. The molecule has 12 heteroatoms. The lowest BCUT2D eigenvalue weighted by molar-refractivity contribution is 0.0826. The smallest absolute Gasteiger partial charge is 0.259 e. The molecule has 0 radical (unpaired) electrons. The van der Waals surface area contributed by atoms with E-state index in [0.29, 0.717) is 56.8 Å². The number of likely N-dealkylation sites (tertiary alicyclic amines) is 1. The molecule has 0 spiro atoms.